The zero-order valence-corrected chi connectivity index (χ0v) is 7.60. The molecule has 0 bridgehead atoms. The average Bonchev–Trinajstić information content (AvgIpc) is 2.03. The maximum Gasteiger partial charge on any atom is 0.490 e. The zero-order valence-electron chi connectivity index (χ0n) is 7.60. The molecule has 0 spiro atoms. The van der Waals surface area contributed by atoms with Gasteiger partial charge in [-0.1, -0.05) is 6.07 Å². The molecule has 0 saturated heterocycles. The van der Waals surface area contributed by atoms with Gasteiger partial charge in [-0.05, 0) is 19.9 Å². The smallest absolute Gasteiger partial charge is 0.423 e. The summed E-state index contributed by atoms with van der Waals surface area (Å²) < 4.78 is 0. The highest BCUT2D eigenvalue weighted by molar-refractivity contribution is 6.58. The lowest BCUT2D eigenvalue weighted by molar-refractivity contribution is 0.0739. The highest BCUT2D eigenvalue weighted by atomic mass is 16.4. The van der Waals surface area contributed by atoms with Crippen molar-refractivity contribution in [1.29, 1.82) is 0 Å². The van der Waals surface area contributed by atoms with Gasteiger partial charge < -0.3 is 15.2 Å². The van der Waals surface area contributed by atoms with Gasteiger partial charge in [0.05, 0.1) is 5.69 Å². The van der Waals surface area contributed by atoms with Crippen molar-refractivity contribution in [1.82, 2.24) is 4.98 Å². The van der Waals surface area contributed by atoms with Gasteiger partial charge in [0.2, 0.25) is 0 Å². The van der Waals surface area contributed by atoms with Gasteiger partial charge in [-0.25, -0.2) is 0 Å². The molecule has 1 aromatic rings. The molecular weight excluding hydrogens is 169 g/mol. The van der Waals surface area contributed by atoms with Gasteiger partial charge >= 0.3 is 7.12 Å². The van der Waals surface area contributed by atoms with Crippen molar-refractivity contribution >= 4 is 12.6 Å². The fraction of sp³-hybridized carbons (Fsp3) is 0.375. The van der Waals surface area contributed by atoms with E-state index in [1.165, 1.54) is 12.3 Å². The van der Waals surface area contributed by atoms with Crippen LogP contribution in [0.25, 0.3) is 0 Å². The number of nitrogens with zero attached hydrogens (tertiary/aromatic N) is 1. The second kappa shape index (κ2) is 3.45. The van der Waals surface area contributed by atoms with E-state index >= 15 is 0 Å². The van der Waals surface area contributed by atoms with E-state index in [4.69, 9.17) is 10.0 Å². The molecule has 0 radical (unpaired) electrons. The quantitative estimate of drug-likeness (QED) is 0.511. The predicted molar refractivity (Wildman–Crippen MR) is 49.3 cm³/mol. The van der Waals surface area contributed by atoms with E-state index in [0.717, 1.165) is 0 Å². The van der Waals surface area contributed by atoms with Crippen LogP contribution >= 0.6 is 0 Å². The number of aliphatic hydroxyl groups is 1. The van der Waals surface area contributed by atoms with Crippen LogP contribution in [0.1, 0.15) is 19.5 Å². The predicted octanol–water partition coefficient (Wildman–Crippen LogP) is -1.01. The van der Waals surface area contributed by atoms with E-state index < -0.39 is 12.7 Å². The summed E-state index contributed by atoms with van der Waals surface area (Å²) in [6.07, 6.45) is 1.33. The van der Waals surface area contributed by atoms with E-state index in [0.29, 0.717) is 11.2 Å². The van der Waals surface area contributed by atoms with Crippen molar-refractivity contribution in [2.75, 3.05) is 0 Å². The molecule has 1 heterocycles. The summed E-state index contributed by atoms with van der Waals surface area (Å²) >= 11 is 0. The summed E-state index contributed by atoms with van der Waals surface area (Å²) in [6.45, 7) is 3.23. The molecule has 0 amide bonds. The second-order valence-electron chi connectivity index (χ2n) is 3.41. The molecule has 1 rings (SSSR count). The van der Waals surface area contributed by atoms with Crippen molar-refractivity contribution in [2.24, 2.45) is 0 Å². The molecule has 4 nitrogen and oxygen atoms in total. The third-order valence-electron chi connectivity index (χ3n) is 1.71. The maximum absolute atomic E-state index is 9.53. The SMILES string of the molecule is CC(C)(O)c1ccc(B(O)O)cn1. The summed E-state index contributed by atoms with van der Waals surface area (Å²) in [5.41, 5.74) is -0.191. The second-order valence-corrected chi connectivity index (χ2v) is 3.41. The third-order valence-corrected chi connectivity index (χ3v) is 1.71. The highest BCUT2D eigenvalue weighted by Crippen LogP contribution is 2.14. The number of pyridine rings is 1. The van der Waals surface area contributed by atoms with Gasteiger partial charge in [0, 0.05) is 11.7 Å². The molecule has 5 heteroatoms. The van der Waals surface area contributed by atoms with Crippen LogP contribution in [0, 0.1) is 0 Å². The minimum atomic E-state index is -1.51. The molecule has 13 heavy (non-hydrogen) atoms. The van der Waals surface area contributed by atoms with Crippen molar-refractivity contribution < 1.29 is 15.2 Å². The maximum atomic E-state index is 9.53. The fourth-order valence-corrected chi connectivity index (χ4v) is 0.920. The Hall–Kier alpha value is -0.905. The molecular formula is C8H12BNO3. The summed E-state index contributed by atoms with van der Waals surface area (Å²) in [4.78, 5) is 3.90. The lowest BCUT2D eigenvalue weighted by Crippen LogP contribution is -2.31. The Morgan fingerprint density at radius 3 is 2.23 bits per heavy atom. The van der Waals surface area contributed by atoms with Crippen molar-refractivity contribution in [3.8, 4) is 0 Å². The minimum Gasteiger partial charge on any atom is -0.423 e. The molecule has 0 aromatic carbocycles. The summed E-state index contributed by atoms with van der Waals surface area (Å²) in [6, 6.07) is 3.08. The minimum absolute atomic E-state index is 0.313. The molecule has 0 aliphatic rings. The van der Waals surface area contributed by atoms with E-state index in [1.54, 1.807) is 19.9 Å². The van der Waals surface area contributed by atoms with Crippen LogP contribution in [-0.4, -0.2) is 27.3 Å². The largest absolute Gasteiger partial charge is 0.490 e. The highest BCUT2D eigenvalue weighted by Gasteiger charge is 2.18. The van der Waals surface area contributed by atoms with Crippen LogP contribution in [-0.2, 0) is 5.60 Å². The van der Waals surface area contributed by atoms with Crippen LogP contribution in [0.15, 0.2) is 18.3 Å². The first-order valence-electron chi connectivity index (χ1n) is 3.96. The Morgan fingerprint density at radius 2 is 1.92 bits per heavy atom. The fourth-order valence-electron chi connectivity index (χ4n) is 0.920. The number of hydrogen-bond acceptors (Lipinski definition) is 4. The monoisotopic (exact) mass is 181 g/mol. The molecule has 70 valence electrons. The first-order valence-corrected chi connectivity index (χ1v) is 3.96. The van der Waals surface area contributed by atoms with Crippen LogP contribution < -0.4 is 5.46 Å². The molecule has 1 aromatic heterocycles. The Morgan fingerprint density at radius 1 is 1.31 bits per heavy atom. The molecule has 0 fully saturated rings. The van der Waals surface area contributed by atoms with Gasteiger partial charge in [0.25, 0.3) is 0 Å². The zero-order chi connectivity index (χ0) is 10.1. The third kappa shape index (κ3) is 2.52. The summed E-state index contributed by atoms with van der Waals surface area (Å²) in [7, 11) is -1.51. The molecule has 0 aliphatic carbocycles. The standard InChI is InChI=1S/C8H12BNO3/c1-8(2,11)7-4-3-6(5-10-7)9(12)13/h3-5,11-13H,1-2H3. The van der Waals surface area contributed by atoms with Gasteiger partial charge in [-0.2, -0.15) is 0 Å². The van der Waals surface area contributed by atoms with Gasteiger partial charge in [-0.3, -0.25) is 4.98 Å². The van der Waals surface area contributed by atoms with E-state index in [2.05, 4.69) is 4.98 Å². The van der Waals surface area contributed by atoms with E-state index in [1.807, 2.05) is 0 Å². The topological polar surface area (TPSA) is 73.6 Å². The number of hydrogen-bond donors (Lipinski definition) is 3. The Balaban J connectivity index is 2.94. The number of rotatable bonds is 2. The summed E-state index contributed by atoms with van der Waals surface area (Å²) in [5.74, 6) is 0. The first-order chi connectivity index (χ1) is 5.91. The number of aromatic nitrogens is 1. The first kappa shape index (κ1) is 10.2. The van der Waals surface area contributed by atoms with Gasteiger partial charge in [0.1, 0.15) is 5.60 Å². The van der Waals surface area contributed by atoms with Crippen LogP contribution in [0.3, 0.4) is 0 Å². The van der Waals surface area contributed by atoms with Crippen LogP contribution in [0.5, 0.6) is 0 Å². The average molecular weight is 181 g/mol. The van der Waals surface area contributed by atoms with Crippen molar-refractivity contribution in [2.45, 2.75) is 19.4 Å². The van der Waals surface area contributed by atoms with Crippen molar-refractivity contribution in [3.63, 3.8) is 0 Å². The molecule has 3 N–H and O–H groups in total. The van der Waals surface area contributed by atoms with Crippen molar-refractivity contribution in [3.05, 3.63) is 24.0 Å². The summed E-state index contributed by atoms with van der Waals surface area (Å²) in [5, 5.41) is 27.1. The van der Waals surface area contributed by atoms with Gasteiger partial charge in [0.15, 0.2) is 0 Å². The van der Waals surface area contributed by atoms with Crippen LogP contribution in [0.2, 0.25) is 0 Å². The lowest BCUT2D eigenvalue weighted by Gasteiger charge is -2.16. The lowest BCUT2D eigenvalue weighted by atomic mass is 9.81. The Bertz CT molecular complexity index is 278. The molecule has 0 saturated carbocycles. The van der Waals surface area contributed by atoms with Crippen LogP contribution in [0.4, 0.5) is 0 Å². The Labute approximate surface area is 77.0 Å². The van der Waals surface area contributed by atoms with E-state index in [-0.39, 0.29) is 0 Å². The molecule has 0 unspecified atom stereocenters. The molecule has 0 aliphatic heterocycles. The normalized spacial score (nSPS) is 11.5. The van der Waals surface area contributed by atoms with E-state index in [9.17, 15) is 5.11 Å². The molecule has 0 atom stereocenters. The van der Waals surface area contributed by atoms with Gasteiger partial charge in [-0.15, -0.1) is 0 Å². The Kier molecular flexibility index (Phi) is 2.70.